The number of alkyl halides is 3. The van der Waals surface area contributed by atoms with Gasteiger partial charge in [0.25, 0.3) is 5.91 Å². The molecule has 1 aromatic heterocycles. The van der Waals surface area contributed by atoms with Crippen molar-refractivity contribution in [1.82, 2.24) is 9.71 Å². The summed E-state index contributed by atoms with van der Waals surface area (Å²) in [6.45, 7) is 3.56. The predicted molar refractivity (Wildman–Crippen MR) is 125 cm³/mol. The van der Waals surface area contributed by atoms with Gasteiger partial charge in [-0.2, -0.15) is 13.2 Å². The molecule has 0 bridgehead atoms. The van der Waals surface area contributed by atoms with Gasteiger partial charge >= 0.3 is 6.18 Å². The fraction of sp³-hybridized carbons (Fsp3) is 0.500. The highest BCUT2D eigenvalue weighted by molar-refractivity contribution is 7.90. The van der Waals surface area contributed by atoms with E-state index in [0.29, 0.717) is 17.9 Å². The van der Waals surface area contributed by atoms with E-state index in [1.807, 2.05) is 9.62 Å². The van der Waals surface area contributed by atoms with Crippen molar-refractivity contribution in [1.29, 1.82) is 0 Å². The summed E-state index contributed by atoms with van der Waals surface area (Å²) in [7, 11) is -3.93. The number of carbonyl (C=O) groups is 1. The van der Waals surface area contributed by atoms with Crippen molar-refractivity contribution in [2.24, 2.45) is 0 Å². The topological polar surface area (TPSA) is 88.6 Å². The molecular formula is C24H27F4N3O4S. The second-order valence-corrected chi connectivity index (χ2v) is 11.6. The zero-order valence-electron chi connectivity index (χ0n) is 19.8. The molecule has 0 radical (unpaired) electrons. The van der Waals surface area contributed by atoms with E-state index in [1.54, 1.807) is 0 Å². The number of ether oxygens (including phenoxy) is 1. The first-order chi connectivity index (χ1) is 16.9. The Hall–Kier alpha value is -2.89. The largest absolute Gasteiger partial charge is 0.491 e. The number of benzene rings is 1. The van der Waals surface area contributed by atoms with Crippen LogP contribution in [-0.4, -0.2) is 43.8 Å². The van der Waals surface area contributed by atoms with Crippen LogP contribution in [0.25, 0.3) is 0 Å². The van der Waals surface area contributed by atoms with E-state index in [0.717, 1.165) is 44.0 Å². The van der Waals surface area contributed by atoms with Crippen molar-refractivity contribution in [3.63, 3.8) is 0 Å². The lowest BCUT2D eigenvalue weighted by Crippen LogP contribution is -2.36. The number of carbonyl (C=O) groups excluding carboxylic acids is 1. The van der Waals surface area contributed by atoms with Crippen LogP contribution in [0.1, 0.15) is 66.9 Å². The van der Waals surface area contributed by atoms with Gasteiger partial charge < -0.3 is 9.64 Å². The van der Waals surface area contributed by atoms with Crippen molar-refractivity contribution < 1.29 is 35.5 Å². The number of aromatic nitrogens is 1. The van der Waals surface area contributed by atoms with Crippen molar-refractivity contribution in [2.45, 2.75) is 62.9 Å². The second kappa shape index (κ2) is 9.87. The molecule has 2 aliphatic rings. The highest BCUT2D eigenvalue weighted by Crippen LogP contribution is 2.45. The summed E-state index contributed by atoms with van der Waals surface area (Å²) in [6, 6.07) is 4.58. The maximum absolute atomic E-state index is 14.9. The Morgan fingerprint density at radius 1 is 1.22 bits per heavy atom. The number of amides is 1. The van der Waals surface area contributed by atoms with E-state index < -0.39 is 38.7 Å². The third-order valence-electron chi connectivity index (χ3n) is 6.39. The third-order valence-corrected chi connectivity index (χ3v) is 8.11. The summed E-state index contributed by atoms with van der Waals surface area (Å²) in [5, 5.41) is -0.858. The smallest absolute Gasteiger partial charge is 0.417 e. The third kappa shape index (κ3) is 5.74. The summed E-state index contributed by atoms with van der Waals surface area (Å²) in [4.78, 5) is 18.3. The maximum Gasteiger partial charge on any atom is 0.417 e. The van der Waals surface area contributed by atoms with Crippen LogP contribution in [-0.2, 0) is 16.2 Å². The van der Waals surface area contributed by atoms with E-state index in [2.05, 4.69) is 4.98 Å². The van der Waals surface area contributed by atoms with Crippen molar-refractivity contribution in [3.05, 3.63) is 53.0 Å². The Labute approximate surface area is 206 Å². The van der Waals surface area contributed by atoms with E-state index >= 15 is 0 Å². The lowest BCUT2D eigenvalue weighted by Gasteiger charge is -2.26. The average molecular weight is 530 g/mol. The van der Waals surface area contributed by atoms with Gasteiger partial charge in [0.2, 0.25) is 10.0 Å². The molecule has 2 heterocycles. The van der Waals surface area contributed by atoms with Crippen LogP contribution >= 0.6 is 0 Å². The zero-order valence-corrected chi connectivity index (χ0v) is 20.6. The Morgan fingerprint density at radius 3 is 2.53 bits per heavy atom. The highest BCUT2D eigenvalue weighted by Gasteiger charge is 2.34. The van der Waals surface area contributed by atoms with Crippen LogP contribution < -0.4 is 14.4 Å². The SMILES string of the molecule is CC(C)S(=O)(=O)NC(=O)c1cc(C2CC2)c(OC[C@H]2CCCN2c2ccc(C(F)(F)F)cn2)cc1F. The predicted octanol–water partition coefficient (Wildman–Crippen LogP) is 4.63. The fourth-order valence-electron chi connectivity index (χ4n) is 4.11. The summed E-state index contributed by atoms with van der Waals surface area (Å²) in [6.07, 6.45) is -0.488. The van der Waals surface area contributed by atoms with Gasteiger partial charge in [0.05, 0.1) is 22.4 Å². The van der Waals surface area contributed by atoms with Gasteiger partial charge in [-0.05, 0) is 69.2 Å². The molecule has 2 fully saturated rings. The van der Waals surface area contributed by atoms with Gasteiger partial charge in [0, 0.05) is 18.8 Å². The van der Waals surface area contributed by atoms with E-state index in [1.165, 1.54) is 26.0 Å². The molecule has 1 aliphatic carbocycles. The first kappa shape index (κ1) is 26.2. The van der Waals surface area contributed by atoms with Crippen molar-refractivity contribution in [3.8, 4) is 5.75 Å². The molecule has 1 N–H and O–H groups in total. The molecule has 7 nitrogen and oxygen atoms in total. The minimum Gasteiger partial charge on any atom is -0.491 e. The standard InChI is InChI=1S/C24H27F4N3O4S/c1-14(2)36(33,34)30-23(32)19-10-18(15-5-6-15)21(11-20(19)25)35-13-17-4-3-9-31(17)22-8-7-16(12-29-22)24(26,27)28/h7-8,10-12,14-15,17H,3-6,9,13H2,1-2H3,(H,30,32)/t17-/m1/s1. The molecule has 1 aromatic carbocycles. The minimum absolute atomic E-state index is 0.0742. The number of sulfonamides is 1. The first-order valence-electron chi connectivity index (χ1n) is 11.7. The van der Waals surface area contributed by atoms with Crippen molar-refractivity contribution >= 4 is 21.7 Å². The van der Waals surface area contributed by atoms with Crippen LogP contribution in [0.3, 0.4) is 0 Å². The molecule has 1 amide bonds. The number of halogens is 4. The summed E-state index contributed by atoms with van der Waals surface area (Å²) in [5.74, 6) is -1.19. The Morgan fingerprint density at radius 2 is 1.94 bits per heavy atom. The molecular weight excluding hydrogens is 502 g/mol. The molecule has 0 spiro atoms. The Kier molecular flexibility index (Phi) is 7.18. The number of pyridine rings is 1. The van der Waals surface area contributed by atoms with Crippen LogP contribution in [0.2, 0.25) is 0 Å². The molecule has 12 heteroatoms. The highest BCUT2D eigenvalue weighted by atomic mass is 32.2. The quantitative estimate of drug-likeness (QED) is 0.502. The van der Waals surface area contributed by atoms with Gasteiger partial charge in [0.1, 0.15) is 24.0 Å². The lowest BCUT2D eigenvalue weighted by molar-refractivity contribution is -0.137. The number of hydrogen-bond acceptors (Lipinski definition) is 6. The fourth-order valence-corrected chi connectivity index (χ4v) is 4.71. The molecule has 4 rings (SSSR count). The van der Waals surface area contributed by atoms with Gasteiger partial charge in [-0.25, -0.2) is 22.5 Å². The van der Waals surface area contributed by atoms with E-state index in [4.69, 9.17) is 4.74 Å². The molecule has 2 aromatic rings. The van der Waals surface area contributed by atoms with Crippen molar-refractivity contribution in [2.75, 3.05) is 18.1 Å². The molecule has 0 unspecified atom stereocenters. The number of hydrogen-bond donors (Lipinski definition) is 1. The van der Waals surface area contributed by atoms with Gasteiger partial charge in [-0.1, -0.05) is 0 Å². The Balaban J connectivity index is 1.50. The second-order valence-electron chi connectivity index (χ2n) is 9.37. The van der Waals surface area contributed by atoms with Gasteiger partial charge in [-0.15, -0.1) is 0 Å². The normalized spacial score (nSPS) is 18.5. The molecule has 196 valence electrons. The number of nitrogens with zero attached hydrogens (tertiary/aromatic N) is 2. The lowest BCUT2D eigenvalue weighted by atomic mass is 10.0. The van der Waals surface area contributed by atoms with Gasteiger partial charge in [0.15, 0.2) is 0 Å². The summed E-state index contributed by atoms with van der Waals surface area (Å²) in [5.41, 5.74) is -0.571. The first-order valence-corrected chi connectivity index (χ1v) is 13.2. The van der Waals surface area contributed by atoms with Crippen LogP contribution in [0.15, 0.2) is 30.5 Å². The molecule has 36 heavy (non-hydrogen) atoms. The van der Waals surface area contributed by atoms with Crippen LogP contribution in [0.4, 0.5) is 23.4 Å². The molecule has 1 saturated heterocycles. The van der Waals surface area contributed by atoms with E-state index in [9.17, 15) is 30.8 Å². The van der Waals surface area contributed by atoms with Crippen LogP contribution in [0.5, 0.6) is 5.75 Å². The summed E-state index contributed by atoms with van der Waals surface area (Å²) < 4.78 is 85.4. The zero-order chi connectivity index (χ0) is 26.3. The average Bonchev–Trinajstić information content (AvgIpc) is 3.53. The number of anilines is 1. The maximum atomic E-state index is 14.9. The van der Waals surface area contributed by atoms with Gasteiger partial charge in [-0.3, -0.25) is 4.79 Å². The van der Waals surface area contributed by atoms with Crippen LogP contribution in [0, 0.1) is 5.82 Å². The number of nitrogens with one attached hydrogen (secondary N) is 1. The molecule has 1 saturated carbocycles. The molecule has 1 atom stereocenters. The van der Waals surface area contributed by atoms with E-state index in [-0.39, 0.29) is 29.9 Å². The number of rotatable bonds is 8. The summed E-state index contributed by atoms with van der Waals surface area (Å²) >= 11 is 0. The minimum atomic E-state index is -4.47. The Bertz CT molecular complexity index is 1230. The molecule has 1 aliphatic heterocycles. The monoisotopic (exact) mass is 529 g/mol.